The second kappa shape index (κ2) is 7.10. The molecule has 0 spiro atoms. The number of aromatic nitrogens is 1. The molecular formula is C31H18N2O. The summed E-state index contributed by atoms with van der Waals surface area (Å²) in [7, 11) is 0. The van der Waals surface area contributed by atoms with E-state index in [2.05, 4.69) is 83.4 Å². The van der Waals surface area contributed by atoms with Crippen LogP contribution in [0.2, 0.25) is 0 Å². The van der Waals surface area contributed by atoms with Gasteiger partial charge >= 0.3 is 0 Å². The highest BCUT2D eigenvalue weighted by atomic mass is 16.3. The summed E-state index contributed by atoms with van der Waals surface area (Å²) in [6.45, 7) is 0. The Balaban J connectivity index is 1.57. The molecule has 3 heteroatoms. The maximum atomic E-state index is 9.71. The maximum Gasteiger partial charge on any atom is 0.135 e. The Bertz CT molecular complexity index is 1880. The summed E-state index contributed by atoms with van der Waals surface area (Å²) in [6.07, 6.45) is 0. The van der Waals surface area contributed by atoms with E-state index in [0.717, 1.165) is 49.8 Å². The summed E-state index contributed by atoms with van der Waals surface area (Å²) in [4.78, 5) is 0. The third-order valence-corrected chi connectivity index (χ3v) is 6.64. The summed E-state index contributed by atoms with van der Waals surface area (Å²) in [5.41, 5.74) is 7.77. The zero-order valence-corrected chi connectivity index (χ0v) is 18.2. The van der Waals surface area contributed by atoms with Crippen LogP contribution in [-0.4, -0.2) is 4.57 Å². The molecule has 3 nitrogen and oxygen atoms in total. The van der Waals surface area contributed by atoms with Crippen LogP contribution in [0.3, 0.4) is 0 Å². The molecule has 0 bridgehead atoms. The van der Waals surface area contributed by atoms with E-state index in [0.29, 0.717) is 5.56 Å². The van der Waals surface area contributed by atoms with Crippen LogP contribution in [0.5, 0.6) is 0 Å². The van der Waals surface area contributed by atoms with Gasteiger partial charge in [-0.15, -0.1) is 0 Å². The monoisotopic (exact) mass is 434 g/mol. The average molecular weight is 434 g/mol. The molecule has 0 unspecified atom stereocenters. The minimum atomic E-state index is 0.635. The number of hydrogen-bond acceptors (Lipinski definition) is 2. The van der Waals surface area contributed by atoms with Gasteiger partial charge in [0.05, 0.1) is 28.4 Å². The number of rotatable bonds is 2. The van der Waals surface area contributed by atoms with Crippen LogP contribution in [0.4, 0.5) is 0 Å². The van der Waals surface area contributed by atoms with Gasteiger partial charge in [0.1, 0.15) is 11.2 Å². The molecule has 0 atom stereocenters. The van der Waals surface area contributed by atoms with E-state index in [1.165, 1.54) is 10.8 Å². The molecule has 0 saturated carbocycles. The Morgan fingerprint density at radius 2 is 1.24 bits per heavy atom. The highest BCUT2D eigenvalue weighted by Gasteiger charge is 2.17. The van der Waals surface area contributed by atoms with Gasteiger partial charge in [0.2, 0.25) is 0 Å². The molecule has 0 amide bonds. The first-order valence-corrected chi connectivity index (χ1v) is 11.3. The quantitative estimate of drug-likeness (QED) is 0.275. The number of hydrogen-bond donors (Lipinski definition) is 0. The molecule has 0 aliphatic rings. The van der Waals surface area contributed by atoms with Crippen molar-refractivity contribution in [2.45, 2.75) is 0 Å². The van der Waals surface area contributed by atoms with Gasteiger partial charge in [0.15, 0.2) is 0 Å². The molecule has 5 aromatic carbocycles. The van der Waals surface area contributed by atoms with Crippen LogP contribution in [0, 0.1) is 11.3 Å². The third-order valence-electron chi connectivity index (χ3n) is 6.64. The van der Waals surface area contributed by atoms with Crippen molar-refractivity contribution in [3.8, 4) is 22.9 Å². The minimum Gasteiger partial charge on any atom is -0.456 e. The number of benzene rings is 5. The van der Waals surface area contributed by atoms with Crippen molar-refractivity contribution in [2.24, 2.45) is 0 Å². The second-order valence-corrected chi connectivity index (χ2v) is 8.52. The van der Waals surface area contributed by atoms with Gasteiger partial charge in [-0.1, -0.05) is 66.7 Å². The molecule has 2 aromatic heterocycles. The standard InChI is InChI=1S/C31H18N2O/c32-19-20-13-15-22(21-14-16-31-26(18-21)25-9-3-6-12-30(25)34-31)29(17-20)33-27-10-4-1-7-23(27)24-8-2-5-11-28(24)33/h1-18H. The van der Waals surface area contributed by atoms with Crippen LogP contribution in [-0.2, 0) is 0 Å². The molecule has 2 heterocycles. The van der Waals surface area contributed by atoms with E-state index in [1.807, 2.05) is 36.4 Å². The third kappa shape index (κ3) is 2.63. The molecule has 7 rings (SSSR count). The molecule has 7 aromatic rings. The second-order valence-electron chi connectivity index (χ2n) is 8.52. The highest BCUT2D eigenvalue weighted by Crippen LogP contribution is 2.38. The molecule has 0 N–H and O–H groups in total. The van der Waals surface area contributed by atoms with Crippen LogP contribution < -0.4 is 0 Å². The number of furan rings is 1. The zero-order chi connectivity index (χ0) is 22.6. The first kappa shape index (κ1) is 18.7. The van der Waals surface area contributed by atoms with Crippen molar-refractivity contribution in [1.29, 1.82) is 5.26 Å². The van der Waals surface area contributed by atoms with Crippen molar-refractivity contribution >= 4 is 43.7 Å². The zero-order valence-electron chi connectivity index (χ0n) is 18.2. The lowest BCUT2D eigenvalue weighted by molar-refractivity contribution is 0.669. The topological polar surface area (TPSA) is 41.9 Å². The van der Waals surface area contributed by atoms with E-state index in [9.17, 15) is 5.26 Å². The van der Waals surface area contributed by atoms with Crippen molar-refractivity contribution in [3.05, 3.63) is 115 Å². The van der Waals surface area contributed by atoms with Gasteiger partial charge in [-0.25, -0.2) is 0 Å². The Hall–Kier alpha value is -4.81. The fourth-order valence-corrected chi connectivity index (χ4v) is 5.11. The minimum absolute atomic E-state index is 0.635. The molecule has 0 aliphatic heterocycles. The van der Waals surface area contributed by atoms with Crippen LogP contribution in [0.1, 0.15) is 5.56 Å². The molecule has 0 saturated heterocycles. The first-order valence-electron chi connectivity index (χ1n) is 11.3. The highest BCUT2D eigenvalue weighted by molar-refractivity contribution is 6.10. The van der Waals surface area contributed by atoms with Crippen molar-refractivity contribution < 1.29 is 4.42 Å². The lowest BCUT2D eigenvalue weighted by atomic mass is 9.99. The molecule has 34 heavy (non-hydrogen) atoms. The Morgan fingerprint density at radius 1 is 0.588 bits per heavy atom. The molecular weight excluding hydrogens is 416 g/mol. The molecule has 158 valence electrons. The lowest BCUT2D eigenvalue weighted by Crippen LogP contribution is -1.98. The number of nitriles is 1. The molecule has 0 aliphatic carbocycles. The van der Waals surface area contributed by atoms with Crippen molar-refractivity contribution in [2.75, 3.05) is 0 Å². The molecule has 0 fully saturated rings. The van der Waals surface area contributed by atoms with Crippen molar-refractivity contribution in [1.82, 2.24) is 4.57 Å². The van der Waals surface area contributed by atoms with Crippen molar-refractivity contribution in [3.63, 3.8) is 0 Å². The summed E-state index contributed by atoms with van der Waals surface area (Å²) in [5, 5.41) is 14.3. The SMILES string of the molecule is N#Cc1ccc(-c2ccc3oc4ccccc4c3c2)c(-n2c3ccccc3c3ccccc32)c1. The van der Waals surface area contributed by atoms with Crippen LogP contribution in [0.25, 0.3) is 60.6 Å². The van der Waals surface area contributed by atoms with E-state index in [1.54, 1.807) is 0 Å². The summed E-state index contributed by atoms with van der Waals surface area (Å²) in [5.74, 6) is 0. The lowest BCUT2D eigenvalue weighted by Gasteiger charge is -2.15. The van der Waals surface area contributed by atoms with E-state index >= 15 is 0 Å². The summed E-state index contributed by atoms with van der Waals surface area (Å²) >= 11 is 0. The van der Waals surface area contributed by atoms with Crippen LogP contribution >= 0.6 is 0 Å². The molecule has 0 radical (unpaired) electrons. The predicted octanol–water partition coefficient (Wildman–Crippen LogP) is 8.22. The summed E-state index contributed by atoms with van der Waals surface area (Å²) < 4.78 is 8.33. The average Bonchev–Trinajstić information content (AvgIpc) is 3.44. The van der Waals surface area contributed by atoms with E-state index < -0.39 is 0 Å². The van der Waals surface area contributed by atoms with Gasteiger partial charge in [-0.2, -0.15) is 5.26 Å². The first-order chi connectivity index (χ1) is 16.8. The van der Waals surface area contributed by atoms with Crippen LogP contribution in [0.15, 0.2) is 114 Å². The fraction of sp³-hybridized carbons (Fsp3) is 0. The summed E-state index contributed by atoms with van der Waals surface area (Å²) in [6, 6.07) is 39.6. The van der Waals surface area contributed by atoms with Gasteiger partial charge < -0.3 is 8.98 Å². The van der Waals surface area contributed by atoms with Gasteiger partial charge in [0, 0.05) is 27.1 Å². The predicted molar refractivity (Wildman–Crippen MR) is 138 cm³/mol. The Morgan fingerprint density at radius 3 is 1.97 bits per heavy atom. The van der Waals surface area contributed by atoms with E-state index in [-0.39, 0.29) is 0 Å². The Kier molecular flexibility index (Phi) is 3.91. The van der Waals surface area contributed by atoms with Gasteiger partial charge in [-0.05, 0) is 48.0 Å². The van der Waals surface area contributed by atoms with Gasteiger partial charge in [-0.3, -0.25) is 0 Å². The largest absolute Gasteiger partial charge is 0.456 e. The normalized spacial score (nSPS) is 11.5. The maximum absolute atomic E-state index is 9.71. The Labute approximate surface area is 195 Å². The van der Waals surface area contributed by atoms with E-state index in [4.69, 9.17) is 4.42 Å². The smallest absolute Gasteiger partial charge is 0.135 e. The fourth-order valence-electron chi connectivity index (χ4n) is 5.11. The number of nitrogens with zero attached hydrogens (tertiary/aromatic N) is 2. The number of fused-ring (bicyclic) bond motifs is 6. The number of para-hydroxylation sites is 3. The van der Waals surface area contributed by atoms with Gasteiger partial charge in [0.25, 0.3) is 0 Å².